The van der Waals surface area contributed by atoms with Crippen LogP contribution in [0, 0.1) is 5.41 Å². The van der Waals surface area contributed by atoms with Crippen molar-refractivity contribution in [3.63, 3.8) is 0 Å². The lowest BCUT2D eigenvalue weighted by Gasteiger charge is -2.26. The zero-order valence-corrected chi connectivity index (χ0v) is 14.5. The summed E-state index contributed by atoms with van der Waals surface area (Å²) in [6, 6.07) is 0. The van der Waals surface area contributed by atoms with E-state index in [1.807, 2.05) is 26.0 Å². The number of allylic oxidation sites excluding steroid dienone is 4. The van der Waals surface area contributed by atoms with Crippen molar-refractivity contribution in [2.45, 2.75) is 60.5 Å². The minimum Gasteiger partial charge on any atom is -0.392 e. The molecule has 0 saturated heterocycles. The number of rotatable bonds is 8. The fraction of sp³-hybridized carbons (Fsp3) is 0.579. The van der Waals surface area contributed by atoms with Gasteiger partial charge < -0.3 is 10.2 Å². The highest BCUT2D eigenvalue weighted by atomic mass is 16.3. The van der Waals surface area contributed by atoms with Gasteiger partial charge in [-0.2, -0.15) is 0 Å². The molecule has 0 spiro atoms. The van der Waals surface area contributed by atoms with Crippen molar-refractivity contribution in [2.75, 3.05) is 6.61 Å². The fourth-order valence-corrected chi connectivity index (χ4v) is 2.23. The lowest BCUT2D eigenvalue weighted by molar-refractivity contribution is 0.247. The molecule has 0 fully saturated rings. The number of aliphatic hydroxyl groups is 2. The second-order valence-corrected chi connectivity index (χ2v) is 5.99. The zero-order valence-electron chi connectivity index (χ0n) is 14.5. The monoisotopic (exact) mass is 292 g/mol. The average Bonchev–Trinajstić information content (AvgIpc) is 2.46. The van der Waals surface area contributed by atoms with E-state index in [1.54, 1.807) is 6.08 Å². The molecule has 2 nitrogen and oxygen atoms in total. The SMILES string of the molecule is C/C=C\C(=C/CO)C(O)/C(C)=C/C/C(=C/C)C(C)(C)CC. The topological polar surface area (TPSA) is 40.5 Å². The summed E-state index contributed by atoms with van der Waals surface area (Å²) < 4.78 is 0. The fourth-order valence-electron chi connectivity index (χ4n) is 2.23. The molecule has 0 aliphatic carbocycles. The van der Waals surface area contributed by atoms with Crippen molar-refractivity contribution < 1.29 is 10.2 Å². The Hall–Kier alpha value is -1.12. The summed E-state index contributed by atoms with van der Waals surface area (Å²) in [7, 11) is 0. The van der Waals surface area contributed by atoms with E-state index in [-0.39, 0.29) is 12.0 Å². The third kappa shape index (κ3) is 6.45. The molecule has 0 rings (SSSR count). The molecule has 0 bridgehead atoms. The number of hydrogen-bond donors (Lipinski definition) is 2. The van der Waals surface area contributed by atoms with Gasteiger partial charge in [0.2, 0.25) is 0 Å². The van der Waals surface area contributed by atoms with Gasteiger partial charge in [0, 0.05) is 0 Å². The van der Waals surface area contributed by atoms with Gasteiger partial charge in [-0.05, 0) is 50.2 Å². The molecule has 0 aromatic rings. The Kier molecular flexibility index (Phi) is 9.23. The summed E-state index contributed by atoms with van der Waals surface area (Å²) in [6.45, 7) is 12.5. The van der Waals surface area contributed by atoms with Crippen LogP contribution in [0.5, 0.6) is 0 Å². The third-order valence-corrected chi connectivity index (χ3v) is 4.18. The van der Waals surface area contributed by atoms with E-state index >= 15 is 0 Å². The normalized spacial score (nSPS) is 16.7. The van der Waals surface area contributed by atoms with Crippen LogP contribution in [0.3, 0.4) is 0 Å². The van der Waals surface area contributed by atoms with Gasteiger partial charge in [-0.15, -0.1) is 0 Å². The molecule has 0 amide bonds. The molecule has 0 aromatic carbocycles. The smallest absolute Gasteiger partial charge is 0.0996 e. The van der Waals surface area contributed by atoms with Gasteiger partial charge in [0.1, 0.15) is 0 Å². The Bertz CT molecular complexity index is 423. The molecule has 21 heavy (non-hydrogen) atoms. The molecule has 2 N–H and O–H groups in total. The lowest BCUT2D eigenvalue weighted by atomic mass is 9.79. The van der Waals surface area contributed by atoms with E-state index < -0.39 is 6.10 Å². The minimum absolute atomic E-state index is 0.0625. The van der Waals surface area contributed by atoms with Crippen molar-refractivity contribution in [3.05, 3.63) is 47.1 Å². The number of hydrogen-bond acceptors (Lipinski definition) is 2. The maximum atomic E-state index is 10.4. The Morgan fingerprint density at radius 3 is 2.24 bits per heavy atom. The molecule has 0 aliphatic heterocycles. The highest BCUT2D eigenvalue weighted by Gasteiger charge is 2.19. The molecular weight excluding hydrogens is 260 g/mol. The van der Waals surface area contributed by atoms with Crippen LogP contribution in [0.4, 0.5) is 0 Å². The molecule has 1 unspecified atom stereocenters. The highest BCUT2D eigenvalue weighted by molar-refractivity contribution is 5.31. The largest absolute Gasteiger partial charge is 0.392 e. The number of aliphatic hydroxyl groups excluding tert-OH is 2. The van der Waals surface area contributed by atoms with Crippen LogP contribution in [-0.4, -0.2) is 22.9 Å². The molecular formula is C19H32O2. The highest BCUT2D eigenvalue weighted by Crippen LogP contribution is 2.32. The van der Waals surface area contributed by atoms with Crippen LogP contribution >= 0.6 is 0 Å². The maximum Gasteiger partial charge on any atom is 0.0996 e. The summed E-state index contributed by atoms with van der Waals surface area (Å²) in [5.41, 5.74) is 3.23. The van der Waals surface area contributed by atoms with Crippen LogP contribution in [0.25, 0.3) is 0 Å². The summed E-state index contributed by atoms with van der Waals surface area (Å²) in [5.74, 6) is 0. The Balaban J connectivity index is 5.08. The van der Waals surface area contributed by atoms with Crippen molar-refractivity contribution in [2.24, 2.45) is 5.41 Å². The average molecular weight is 292 g/mol. The summed E-state index contributed by atoms with van der Waals surface area (Å²) >= 11 is 0. The molecule has 120 valence electrons. The van der Waals surface area contributed by atoms with Gasteiger partial charge in [0.25, 0.3) is 0 Å². The second kappa shape index (κ2) is 9.75. The molecule has 0 radical (unpaired) electrons. The van der Waals surface area contributed by atoms with E-state index in [4.69, 9.17) is 5.11 Å². The first-order valence-corrected chi connectivity index (χ1v) is 7.78. The van der Waals surface area contributed by atoms with E-state index in [1.165, 1.54) is 5.57 Å². The van der Waals surface area contributed by atoms with Crippen molar-refractivity contribution in [1.82, 2.24) is 0 Å². The van der Waals surface area contributed by atoms with Crippen molar-refractivity contribution in [3.8, 4) is 0 Å². The van der Waals surface area contributed by atoms with E-state index in [9.17, 15) is 5.11 Å². The summed E-state index contributed by atoms with van der Waals surface area (Å²) in [5, 5.41) is 19.4. The molecule has 0 heterocycles. The predicted octanol–water partition coefficient (Wildman–Crippen LogP) is 4.56. The summed E-state index contributed by atoms with van der Waals surface area (Å²) in [4.78, 5) is 0. The van der Waals surface area contributed by atoms with Gasteiger partial charge in [-0.25, -0.2) is 0 Å². The Morgan fingerprint density at radius 2 is 1.81 bits per heavy atom. The molecule has 1 atom stereocenters. The third-order valence-electron chi connectivity index (χ3n) is 4.18. The van der Waals surface area contributed by atoms with Crippen LogP contribution in [0.1, 0.15) is 54.4 Å². The first-order chi connectivity index (χ1) is 9.83. The molecule has 2 heteroatoms. The van der Waals surface area contributed by atoms with Crippen LogP contribution in [-0.2, 0) is 0 Å². The molecule has 0 aromatic heterocycles. The maximum absolute atomic E-state index is 10.4. The van der Waals surface area contributed by atoms with Gasteiger partial charge in [0.05, 0.1) is 12.7 Å². The summed E-state index contributed by atoms with van der Waals surface area (Å²) in [6.07, 6.45) is 10.9. The van der Waals surface area contributed by atoms with Crippen molar-refractivity contribution in [1.29, 1.82) is 0 Å². The Labute approximate surface area is 130 Å². The van der Waals surface area contributed by atoms with Gasteiger partial charge in [-0.1, -0.05) is 56.7 Å². The zero-order chi connectivity index (χ0) is 16.5. The second-order valence-electron chi connectivity index (χ2n) is 5.99. The van der Waals surface area contributed by atoms with E-state index in [0.717, 1.165) is 24.0 Å². The van der Waals surface area contributed by atoms with Gasteiger partial charge in [-0.3, -0.25) is 0 Å². The van der Waals surface area contributed by atoms with Crippen molar-refractivity contribution >= 4 is 0 Å². The van der Waals surface area contributed by atoms with Gasteiger partial charge in [0.15, 0.2) is 0 Å². The molecule has 0 saturated carbocycles. The standard InChI is InChI=1S/C19H32O2/c1-7-10-16(13-14-20)18(21)15(4)11-12-17(8-2)19(5,6)9-3/h7-8,10-11,13,18,20-21H,9,12,14H2,1-6H3/b10-7-,15-11+,16-13+,17-8-. The first kappa shape index (κ1) is 19.9. The van der Waals surface area contributed by atoms with Crippen LogP contribution in [0.15, 0.2) is 47.1 Å². The lowest BCUT2D eigenvalue weighted by Crippen LogP contribution is -2.14. The molecule has 0 aliphatic rings. The van der Waals surface area contributed by atoms with Crippen LogP contribution in [0.2, 0.25) is 0 Å². The quantitative estimate of drug-likeness (QED) is 0.508. The van der Waals surface area contributed by atoms with E-state index in [0.29, 0.717) is 0 Å². The Morgan fingerprint density at radius 1 is 1.19 bits per heavy atom. The predicted molar refractivity (Wildman–Crippen MR) is 92.2 cm³/mol. The van der Waals surface area contributed by atoms with E-state index in [2.05, 4.69) is 39.8 Å². The minimum atomic E-state index is -0.656. The van der Waals surface area contributed by atoms with Crippen LogP contribution < -0.4 is 0 Å². The first-order valence-electron chi connectivity index (χ1n) is 7.78. The van der Waals surface area contributed by atoms with Gasteiger partial charge >= 0.3 is 0 Å².